The summed E-state index contributed by atoms with van der Waals surface area (Å²) in [5.74, 6) is 0. The van der Waals surface area contributed by atoms with Gasteiger partial charge in [0.05, 0.1) is 11.9 Å². The van der Waals surface area contributed by atoms with Gasteiger partial charge in [0.15, 0.2) is 0 Å². The highest BCUT2D eigenvalue weighted by atomic mass is 32.1. The number of hydrogen-bond acceptors (Lipinski definition) is 3. The zero-order chi connectivity index (χ0) is 13.1. The Morgan fingerprint density at radius 1 is 1.22 bits per heavy atom. The highest BCUT2D eigenvalue weighted by molar-refractivity contribution is 7.80. The molecule has 1 heterocycles. The molecule has 3 nitrogen and oxygen atoms in total. The van der Waals surface area contributed by atoms with Gasteiger partial charge < -0.3 is 11.1 Å². The van der Waals surface area contributed by atoms with Crippen LogP contribution in [0.25, 0.3) is 0 Å². The second kappa shape index (κ2) is 5.14. The van der Waals surface area contributed by atoms with Crippen LogP contribution in [0, 0.1) is 13.8 Å². The number of hydrogen-bond donors (Lipinski definition) is 2. The van der Waals surface area contributed by atoms with Gasteiger partial charge in [-0.25, -0.2) is 0 Å². The van der Waals surface area contributed by atoms with E-state index < -0.39 is 0 Å². The molecule has 1 aromatic carbocycles. The number of nitrogens with two attached hydrogens (primary N) is 1. The number of aromatic nitrogens is 1. The van der Waals surface area contributed by atoms with Crippen molar-refractivity contribution in [3.05, 3.63) is 53.3 Å². The summed E-state index contributed by atoms with van der Waals surface area (Å²) in [4.78, 5) is 4.47. The minimum absolute atomic E-state index is 0.367. The third-order valence-corrected chi connectivity index (χ3v) is 3.05. The quantitative estimate of drug-likeness (QED) is 0.830. The molecule has 0 unspecified atom stereocenters. The summed E-state index contributed by atoms with van der Waals surface area (Å²) in [6.45, 7) is 4.12. The number of anilines is 2. The van der Waals surface area contributed by atoms with Gasteiger partial charge in [0.2, 0.25) is 0 Å². The van der Waals surface area contributed by atoms with Crippen molar-refractivity contribution in [1.29, 1.82) is 0 Å². The Morgan fingerprint density at radius 2 is 1.89 bits per heavy atom. The zero-order valence-corrected chi connectivity index (χ0v) is 11.2. The fourth-order valence-electron chi connectivity index (χ4n) is 1.86. The van der Waals surface area contributed by atoms with Crippen molar-refractivity contribution in [3.8, 4) is 0 Å². The fraction of sp³-hybridized carbons (Fsp3) is 0.143. The highest BCUT2D eigenvalue weighted by Gasteiger charge is 2.08. The van der Waals surface area contributed by atoms with Crippen molar-refractivity contribution in [2.45, 2.75) is 13.8 Å². The lowest BCUT2D eigenvalue weighted by Gasteiger charge is -2.14. The predicted molar refractivity (Wildman–Crippen MR) is 79.3 cm³/mol. The summed E-state index contributed by atoms with van der Waals surface area (Å²) >= 11 is 5.04. The van der Waals surface area contributed by atoms with Gasteiger partial charge in [-0.1, -0.05) is 30.4 Å². The van der Waals surface area contributed by atoms with E-state index in [4.69, 9.17) is 18.0 Å². The average Bonchev–Trinajstić information content (AvgIpc) is 2.34. The number of pyridine rings is 1. The Bertz CT molecular complexity index is 573. The smallest absolute Gasteiger partial charge is 0.106 e. The lowest BCUT2D eigenvalue weighted by Crippen LogP contribution is -2.12. The number of aryl methyl sites for hydroxylation is 2. The van der Waals surface area contributed by atoms with Gasteiger partial charge in [-0.05, 0) is 31.0 Å². The Kier molecular flexibility index (Phi) is 3.58. The minimum Gasteiger partial charge on any atom is -0.389 e. The first-order valence-electron chi connectivity index (χ1n) is 5.66. The zero-order valence-electron chi connectivity index (χ0n) is 10.4. The van der Waals surface area contributed by atoms with Crippen LogP contribution < -0.4 is 11.1 Å². The molecule has 1 aromatic heterocycles. The van der Waals surface area contributed by atoms with Crippen LogP contribution in [0.4, 0.5) is 11.4 Å². The SMILES string of the molecule is Cc1cccc(C)c1Nc1cnccc1C(N)=S. The van der Waals surface area contributed by atoms with Crippen LogP contribution in [0.5, 0.6) is 0 Å². The molecule has 0 radical (unpaired) electrons. The van der Waals surface area contributed by atoms with Crippen molar-refractivity contribution in [1.82, 2.24) is 4.98 Å². The Labute approximate surface area is 112 Å². The van der Waals surface area contributed by atoms with Gasteiger partial charge in [-0.15, -0.1) is 0 Å². The molecule has 0 bridgehead atoms. The van der Waals surface area contributed by atoms with Crippen molar-refractivity contribution in [2.75, 3.05) is 5.32 Å². The van der Waals surface area contributed by atoms with E-state index in [1.807, 2.05) is 12.1 Å². The number of benzene rings is 1. The molecule has 92 valence electrons. The van der Waals surface area contributed by atoms with Crippen LogP contribution in [0.1, 0.15) is 16.7 Å². The summed E-state index contributed by atoms with van der Waals surface area (Å²) in [6.07, 6.45) is 3.42. The number of nitrogens with zero attached hydrogens (tertiary/aromatic N) is 1. The van der Waals surface area contributed by atoms with Crippen LogP contribution >= 0.6 is 12.2 Å². The third kappa shape index (κ3) is 2.49. The monoisotopic (exact) mass is 257 g/mol. The van der Waals surface area contributed by atoms with E-state index in [0.29, 0.717) is 4.99 Å². The molecule has 0 aliphatic rings. The maximum atomic E-state index is 5.71. The van der Waals surface area contributed by atoms with Crippen molar-refractivity contribution < 1.29 is 0 Å². The predicted octanol–water partition coefficient (Wildman–Crippen LogP) is 3.08. The molecule has 0 saturated carbocycles. The first-order chi connectivity index (χ1) is 8.59. The molecule has 4 heteroatoms. The first-order valence-corrected chi connectivity index (χ1v) is 6.07. The Morgan fingerprint density at radius 3 is 2.50 bits per heavy atom. The molecule has 0 aliphatic carbocycles. The second-order valence-electron chi connectivity index (χ2n) is 4.18. The van der Waals surface area contributed by atoms with Gasteiger partial charge in [0.25, 0.3) is 0 Å². The van der Waals surface area contributed by atoms with Gasteiger partial charge in [0.1, 0.15) is 4.99 Å². The van der Waals surface area contributed by atoms with Crippen LogP contribution in [-0.2, 0) is 0 Å². The van der Waals surface area contributed by atoms with Crippen LogP contribution in [0.3, 0.4) is 0 Å². The van der Waals surface area contributed by atoms with E-state index >= 15 is 0 Å². The Hall–Kier alpha value is -1.94. The Balaban J connectivity index is 2.43. The lowest BCUT2D eigenvalue weighted by atomic mass is 10.1. The molecular formula is C14H15N3S. The highest BCUT2D eigenvalue weighted by Crippen LogP contribution is 2.25. The van der Waals surface area contributed by atoms with Crippen molar-refractivity contribution in [3.63, 3.8) is 0 Å². The van der Waals surface area contributed by atoms with Crippen LogP contribution in [0.2, 0.25) is 0 Å². The summed E-state index contributed by atoms with van der Waals surface area (Å²) in [5.41, 5.74) is 10.8. The maximum absolute atomic E-state index is 5.71. The number of nitrogens with one attached hydrogen (secondary N) is 1. The van der Waals surface area contributed by atoms with Gasteiger partial charge >= 0.3 is 0 Å². The lowest BCUT2D eigenvalue weighted by molar-refractivity contribution is 1.29. The normalized spacial score (nSPS) is 10.1. The molecular weight excluding hydrogens is 242 g/mol. The molecule has 2 rings (SSSR count). The van der Waals surface area contributed by atoms with E-state index in [2.05, 4.69) is 36.3 Å². The van der Waals surface area contributed by atoms with E-state index in [9.17, 15) is 0 Å². The van der Waals surface area contributed by atoms with E-state index in [1.165, 1.54) is 11.1 Å². The first kappa shape index (κ1) is 12.5. The summed E-state index contributed by atoms with van der Waals surface area (Å²) in [7, 11) is 0. The van der Waals surface area contributed by atoms with E-state index in [1.54, 1.807) is 12.4 Å². The molecule has 18 heavy (non-hydrogen) atoms. The largest absolute Gasteiger partial charge is 0.389 e. The van der Waals surface area contributed by atoms with Gasteiger partial charge in [-0.3, -0.25) is 4.98 Å². The summed E-state index contributed by atoms with van der Waals surface area (Å²) < 4.78 is 0. The average molecular weight is 257 g/mol. The van der Waals surface area contributed by atoms with E-state index in [-0.39, 0.29) is 0 Å². The summed E-state index contributed by atoms with van der Waals surface area (Å²) in [6, 6.07) is 7.98. The molecule has 2 aromatic rings. The van der Waals surface area contributed by atoms with Gasteiger partial charge in [-0.2, -0.15) is 0 Å². The molecule has 0 fully saturated rings. The van der Waals surface area contributed by atoms with Gasteiger partial charge in [0, 0.05) is 17.4 Å². The van der Waals surface area contributed by atoms with Crippen molar-refractivity contribution >= 4 is 28.6 Å². The second-order valence-corrected chi connectivity index (χ2v) is 4.62. The minimum atomic E-state index is 0.367. The molecule has 3 N–H and O–H groups in total. The molecule has 0 aliphatic heterocycles. The molecule has 0 atom stereocenters. The number of para-hydroxylation sites is 1. The topological polar surface area (TPSA) is 50.9 Å². The molecule has 0 amide bonds. The number of rotatable bonds is 3. The third-order valence-electron chi connectivity index (χ3n) is 2.83. The van der Waals surface area contributed by atoms with E-state index in [0.717, 1.165) is 16.9 Å². The number of thiocarbonyl (C=S) groups is 1. The maximum Gasteiger partial charge on any atom is 0.106 e. The standard InChI is InChI=1S/C14H15N3S/c1-9-4-3-5-10(2)13(9)17-12-8-16-7-6-11(12)14(15)18/h3-8,17H,1-2H3,(H2,15,18). The fourth-order valence-corrected chi connectivity index (χ4v) is 2.03. The molecule has 0 spiro atoms. The molecule has 0 saturated heterocycles. The van der Waals surface area contributed by atoms with Crippen LogP contribution in [-0.4, -0.2) is 9.97 Å². The summed E-state index contributed by atoms with van der Waals surface area (Å²) in [5, 5.41) is 3.36. The van der Waals surface area contributed by atoms with Crippen molar-refractivity contribution in [2.24, 2.45) is 5.73 Å². The van der Waals surface area contributed by atoms with Crippen LogP contribution in [0.15, 0.2) is 36.7 Å².